The van der Waals surface area contributed by atoms with Crippen LogP contribution in [0.2, 0.25) is 0 Å². The maximum atomic E-state index is 13.4. The second-order valence-electron chi connectivity index (χ2n) is 8.21. The molecule has 2 aromatic carbocycles. The number of nitrogens with zero attached hydrogens (tertiary/aromatic N) is 2. The molecule has 4 rings (SSSR count). The molecule has 0 unspecified atom stereocenters. The van der Waals surface area contributed by atoms with E-state index in [1.165, 1.54) is 27.7 Å². The third-order valence-electron chi connectivity index (χ3n) is 6.05. The van der Waals surface area contributed by atoms with Crippen LogP contribution in [0.4, 0.5) is 8.78 Å². The second-order valence-corrected chi connectivity index (χ2v) is 8.21. The van der Waals surface area contributed by atoms with Crippen molar-refractivity contribution in [1.82, 2.24) is 9.47 Å². The number of rotatable bonds is 5. The molecule has 0 saturated carbocycles. The lowest BCUT2D eigenvalue weighted by Gasteiger charge is -2.25. The Morgan fingerprint density at radius 2 is 1.69 bits per heavy atom. The zero-order valence-corrected chi connectivity index (χ0v) is 17.7. The second kappa shape index (κ2) is 9.04. The molecule has 2 N–H and O–H groups in total. The highest BCUT2D eigenvalue weighted by Crippen LogP contribution is 2.25. The zero-order valence-electron chi connectivity index (χ0n) is 17.7. The quantitative estimate of drug-likeness (QED) is 0.663. The number of amides is 1. The van der Waals surface area contributed by atoms with E-state index in [0.717, 1.165) is 16.7 Å². The van der Waals surface area contributed by atoms with Gasteiger partial charge in [0, 0.05) is 30.4 Å². The van der Waals surface area contributed by atoms with E-state index in [1.54, 1.807) is 24.4 Å². The number of alkyl halides is 1. The molecule has 1 aliphatic heterocycles. The van der Waals surface area contributed by atoms with Gasteiger partial charge >= 0.3 is 0 Å². The van der Waals surface area contributed by atoms with Gasteiger partial charge < -0.3 is 10.6 Å². The van der Waals surface area contributed by atoms with Crippen molar-refractivity contribution in [2.75, 3.05) is 13.1 Å². The number of carbonyl (C=O) groups is 1. The molecule has 3 aromatic rings. The number of nitrogens with two attached hydrogens (primary N) is 1. The van der Waals surface area contributed by atoms with E-state index in [-0.39, 0.29) is 29.7 Å². The summed E-state index contributed by atoms with van der Waals surface area (Å²) in [6, 6.07) is 15.8. The van der Waals surface area contributed by atoms with Gasteiger partial charge in [0.1, 0.15) is 12.0 Å². The van der Waals surface area contributed by atoms with Crippen molar-refractivity contribution in [3.8, 4) is 16.8 Å². The molecule has 0 aliphatic carbocycles. The molecule has 1 amide bonds. The summed E-state index contributed by atoms with van der Waals surface area (Å²) in [5.74, 6) is -0.829. The summed E-state index contributed by atoms with van der Waals surface area (Å²) in [5, 5.41) is 0. The monoisotopic (exact) mass is 437 g/mol. The van der Waals surface area contributed by atoms with Gasteiger partial charge in [0.15, 0.2) is 0 Å². The first kappa shape index (κ1) is 21.9. The third-order valence-corrected chi connectivity index (χ3v) is 6.05. The van der Waals surface area contributed by atoms with Gasteiger partial charge in [0.2, 0.25) is 5.91 Å². The number of benzene rings is 2. The van der Waals surface area contributed by atoms with Crippen LogP contribution in [0, 0.1) is 5.82 Å². The molecule has 0 radical (unpaired) electrons. The Morgan fingerprint density at radius 3 is 2.31 bits per heavy atom. The summed E-state index contributed by atoms with van der Waals surface area (Å²) in [5.41, 5.74) is 9.16. The lowest BCUT2D eigenvalue weighted by Crippen LogP contribution is -2.45. The number of likely N-dealkylation sites (tertiary alicyclic amines) is 1. The molecule has 5 nitrogen and oxygen atoms in total. The van der Waals surface area contributed by atoms with Crippen LogP contribution in [0.5, 0.6) is 0 Å². The van der Waals surface area contributed by atoms with E-state index in [2.05, 4.69) is 0 Å². The smallest absolute Gasteiger partial charge is 0.255 e. The number of pyridine rings is 1. The van der Waals surface area contributed by atoms with Crippen molar-refractivity contribution in [3.05, 3.63) is 88.6 Å². The first-order valence-electron chi connectivity index (χ1n) is 10.6. The Morgan fingerprint density at radius 1 is 1.03 bits per heavy atom. The highest BCUT2D eigenvalue weighted by Gasteiger charge is 2.32. The van der Waals surface area contributed by atoms with Crippen LogP contribution in [-0.4, -0.2) is 40.7 Å². The van der Waals surface area contributed by atoms with Crippen LogP contribution in [0.3, 0.4) is 0 Å². The van der Waals surface area contributed by atoms with Gasteiger partial charge in [-0.25, -0.2) is 8.78 Å². The predicted molar refractivity (Wildman–Crippen MR) is 120 cm³/mol. The van der Waals surface area contributed by atoms with Gasteiger partial charge in [-0.2, -0.15) is 0 Å². The largest absolute Gasteiger partial charge is 0.338 e. The van der Waals surface area contributed by atoms with Crippen molar-refractivity contribution in [3.63, 3.8) is 0 Å². The zero-order chi connectivity index (χ0) is 22.8. The molecule has 0 spiro atoms. The van der Waals surface area contributed by atoms with Crippen molar-refractivity contribution >= 4 is 5.91 Å². The van der Waals surface area contributed by atoms with Crippen LogP contribution < -0.4 is 11.3 Å². The van der Waals surface area contributed by atoms with Crippen LogP contribution in [0.25, 0.3) is 16.8 Å². The molecule has 1 fully saturated rings. The van der Waals surface area contributed by atoms with Gasteiger partial charge in [-0.1, -0.05) is 31.2 Å². The van der Waals surface area contributed by atoms with E-state index in [0.29, 0.717) is 18.7 Å². The average Bonchev–Trinajstić information content (AvgIpc) is 3.25. The third kappa shape index (κ3) is 4.48. The van der Waals surface area contributed by atoms with E-state index >= 15 is 0 Å². The molecule has 7 heteroatoms. The summed E-state index contributed by atoms with van der Waals surface area (Å²) < 4.78 is 28.1. The van der Waals surface area contributed by atoms with Crippen molar-refractivity contribution in [2.45, 2.75) is 31.5 Å². The highest BCUT2D eigenvalue weighted by molar-refractivity contribution is 5.83. The molecular weight excluding hydrogens is 412 g/mol. The number of carbonyl (C=O) groups excluding carboxylic acids is 1. The lowest BCUT2D eigenvalue weighted by atomic mass is 9.91. The number of hydrogen-bond acceptors (Lipinski definition) is 3. The minimum absolute atomic E-state index is 0.113. The maximum Gasteiger partial charge on any atom is 0.255 e. The number of aromatic nitrogens is 1. The summed E-state index contributed by atoms with van der Waals surface area (Å²) in [7, 11) is 0. The first-order valence-corrected chi connectivity index (χ1v) is 10.6. The molecule has 32 heavy (non-hydrogen) atoms. The van der Waals surface area contributed by atoms with E-state index in [1.807, 2.05) is 31.2 Å². The minimum atomic E-state index is -0.973. The average molecular weight is 437 g/mol. The van der Waals surface area contributed by atoms with Gasteiger partial charge in [-0.15, -0.1) is 0 Å². The molecule has 2 heterocycles. The number of halogens is 2. The molecule has 1 aromatic heterocycles. The highest BCUT2D eigenvalue weighted by atomic mass is 19.1. The standard InChI is InChI=1S/C25H25F2N3O2/c1-16(24(28)25(32)29-13-12-21(27)15-29)17-2-4-18(5-3-17)19-6-11-23(31)30(14-19)22-9-7-20(26)8-10-22/h2-11,14,16,21,24H,12-13,15,28H2,1H3/t16-,21-,24-/m0/s1. The summed E-state index contributed by atoms with van der Waals surface area (Å²) in [4.78, 5) is 26.4. The molecule has 166 valence electrons. The molecule has 3 atom stereocenters. The van der Waals surface area contributed by atoms with Crippen molar-refractivity contribution in [2.24, 2.45) is 5.73 Å². The fourth-order valence-electron chi connectivity index (χ4n) is 3.99. The van der Waals surface area contributed by atoms with Crippen LogP contribution in [0.15, 0.2) is 71.7 Å². The van der Waals surface area contributed by atoms with E-state index in [4.69, 9.17) is 5.73 Å². The minimum Gasteiger partial charge on any atom is -0.338 e. The van der Waals surface area contributed by atoms with E-state index in [9.17, 15) is 18.4 Å². The fraction of sp³-hybridized carbons (Fsp3) is 0.280. The molecular formula is C25H25F2N3O2. The van der Waals surface area contributed by atoms with Crippen molar-refractivity contribution < 1.29 is 13.6 Å². The topological polar surface area (TPSA) is 68.3 Å². The maximum absolute atomic E-state index is 13.4. The first-order chi connectivity index (χ1) is 15.3. The van der Waals surface area contributed by atoms with Gasteiger partial charge in [-0.3, -0.25) is 14.2 Å². The van der Waals surface area contributed by atoms with E-state index < -0.39 is 12.2 Å². The fourth-order valence-corrected chi connectivity index (χ4v) is 3.99. The molecule has 1 aliphatic rings. The van der Waals surface area contributed by atoms with Gasteiger partial charge in [-0.05, 0) is 53.4 Å². The van der Waals surface area contributed by atoms with Crippen LogP contribution in [-0.2, 0) is 4.79 Å². The SMILES string of the molecule is C[C@@H](c1ccc(-c2ccc(=O)n(-c3ccc(F)cc3)c2)cc1)[C@H](N)C(=O)N1CC[C@H](F)C1. The Balaban J connectivity index is 1.53. The summed E-state index contributed by atoms with van der Waals surface area (Å²) >= 11 is 0. The lowest BCUT2D eigenvalue weighted by molar-refractivity contribution is -0.132. The Hall–Kier alpha value is -3.32. The predicted octanol–water partition coefficient (Wildman–Crippen LogP) is 3.64. The Kier molecular flexibility index (Phi) is 6.19. The van der Waals surface area contributed by atoms with Crippen molar-refractivity contribution in [1.29, 1.82) is 0 Å². The van der Waals surface area contributed by atoms with Gasteiger partial charge in [0.25, 0.3) is 5.56 Å². The number of hydrogen-bond donors (Lipinski definition) is 1. The van der Waals surface area contributed by atoms with Crippen LogP contribution in [0.1, 0.15) is 24.8 Å². The van der Waals surface area contributed by atoms with Crippen LogP contribution >= 0.6 is 0 Å². The Bertz CT molecular complexity index is 1160. The summed E-state index contributed by atoms with van der Waals surface area (Å²) in [6.07, 6.45) is 1.10. The molecule has 1 saturated heterocycles. The normalized spacial score (nSPS) is 17.9. The molecule has 0 bridgehead atoms. The summed E-state index contributed by atoms with van der Waals surface area (Å²) in [6.45, 7) is 2.40. The van der Waals surface area contributed by atoms with Gasteiger partial charge in [0.05, 0.1) is 12.6 Å². The Labute approximate surface area is 185 Å².